The minimum Gasteiger partial charge on any atom is -0.469 e. The number of carbonyl (C=O) groups is 2. The van der Waals surface area contributed by atoms with Crippen LogP contribution in [0.1, 0.15) is 44.3 Å². The third kappa shape index (κ3) is 5.40. The van der Waals surface area contributed by atoms with Crippen LogP contribution in [-0.4, -0.2) is 24.1 Å². The Kier molecular flexibility index (Phi) is 6.73. The summed E-state index contributed by atoms with van der Waals surface area (Å²) >= 11 is 0. The Morgan fingerprint density at radius 3 is 2.50 bits per heavy atom. The molecule has 0 saturated carbocycles. The Hall–Kier alpha value is -1.88. The van der Waals surface area contributed by atoms with Crippen LogP contribution in [0.5, 0.6) is 0 Å². The number of aliphatic hydroxyl groups is 1. The largest absolute Gasteiger partial charge is 0.469 e. The number of hydrogen-bond acceptors (Lipinski definition) is 4. The Morgan fingerprint density at radius 1 is 1.30 bits per heavy atom. The van der Waals surface area contributed by atoms with Crippen molar-refractivity contribution in [2.24, 2.45) is 0 Å². The van der Waals surface area contributed by atoms with Gasteiger partial charge in [0.2, 0.25) is 5.91 Å². The molecule has 1 aromatic carbocycles. The average Bonchev–Trinajstić information content (AvgIpc) is 2.47. The van der Waals surface area contributed by atoms with Crippen LogP contribution in [0, 0.1) is 0 Å². The van der Waals surface area contributed by atoms with E-state index in [9.17, 15) is 14.7 Å². The van der Waals surface area contributed by atoms with E-state index in [0.29, 0.717) is 31.4 Å². The van der Waals surface area contributed by atoms with E-state index in [1.807, 2.05) is 0 Å². The van der Waals surface area contributed by atoms with E-state index in [0.717, 1.165) is 5.56 Å². The molecule has 1 rings (SSSR count). The number of carbonyl (C=O) groups excluding carboxylic acids is 2. The van der Waals surface area contributed by atoms with Crippen molar-refractivity contribution < 1.29 is 19.4 Å². The van der Waals surface area contributed by atoms with E-state index in [4.69, 9.17) is 0 Å². The summed E-state index contributed by atoms with van der Waals surface area (Å²) in [5.74, 6) is -0.314. The lowest BCUT2D eigenvalue weighted by atomic mass is 10.0. The lowest BCUT2D eigenvalue weighted by Gasteiger charge is -2.11. The van der Waals surface area contributed by atoms with Gasteiger partial charge in [-0.2, -0.15) is 0 Å². The van der Waals surface area contributed by atoms with Crippen molar-refractivity contribution in [2.75, 3.05) is 12.4 Å². The van der Waals surface area contributed by atoms with Gasteiger partial charge in [0, 0.05) is 18.5 Å². The number of amides is 1. The van der Waals surface area contributed by atoms with Crippen molar-refractivity contribution in [2.45, 2.75) is 38.7 Å². The highest BCUT2D eigenvalue weighted by atomic mass is 16.5. The summed E-state index contributed by atoms with van der Waals surface area (Å²) in [4.78, 5) is 22.2. The van der Waals surface area contributed by atoms with Crippen LogP contribution in [0.15, 0.2) is 24.3 Å². The number of rotatable bonds is 7. The fraction of sp³-hybridized carbons (Fsp3) is 0.467. The first-order valence-electron chi connectivity index (χ1n) is 6.71. The van der Waals surface area contributed by atoms with Crippen LogP contribution in [0.2, 0.25) is 0 Å². The standard InChI is InChI=1S/C15H21NO4/c1-3-14(18)16-12-9-7-11(8-10-12)13(17)5-4-6-15(19)20-2/h7-10,13,17H,3-6H2,1-2H3,(H,16,18). The molecule has 0 saturated heterocycles. The van der Waals surface area contributed by atoms with Gasteiger partial charge in [-0.1, -0.05) is 19.1 Å². The first-order chi connectivity index (χ1) is 9.56. The number of benzene rings is 1. The third-order valence-corrected chi connectivity index (χ3v) is 2.99. The summed E-state index contributed by atoms with van der Waals surface area (Å²) in [5.41, 5.74) is 1.48. The molecule has 0 bridgehead atoms. The molecule has 110 valence electrons. The first kappa shape index (κ1) is 16.2. The fourth-order valence-electron chi connectivity index (χ4n) is 1.75. The van der Waals surface area contributed by atoms with Gasteiger partial charge in [0.1, 0.15) is 0 Å². The molecular formula is C15H21NO4. The Labute approximate surface area is 118 Å². The van der Waals surface area contributed by atoms with Crippen molar-refractivity contribution in [3.05, 3.63) is 29.8 Å². The van der Waals surface area contributed by atoms with Gasteiger partial charge in [-0.05, 0) is 30.5 Å². The van der Waals surface area contributed by atoms with Gasteiger partial charge in [0.05, 0.1) is 13.2 Å². The SMILES string of the molecule is CCC(=O)Nc1ccc(C(O)CCCC(=O)OC)cc1. The summed E-state index contributed by atoms with van der Waals surface area (Å²) in [7, 11) is 1.35. The van der Waals surface area contributed by atoms with Crippen LogP contribution in [0.4, 0.5) is 5.69 Å². The molecule has 0 aromatic heterocycles. The molecule has 0 fully saturated rings. The molecule has 0 radical (unpaired) electrons. The molecule has 2 N–H and O–H groups in total. The van der Waals surface area contributed by atoms with Crippen molar-refractivity contribution in [3.63, 3.8) is 0 Å². The number of anilines is 1. The maximum Gasteiger partial charge on any atom is 0.305 e. The zero-order valence-corrected chi connectivity index (χ0v) is 11.9. The summed E-state index contributed by atoms with van der Waals surface area (Å²) in [5, 5.41) is 12.7. The minimum atomic E-state index is -0.615. The number of ether oxygens (including phenoxy) is 1. The van der Waals surface area contributed by atoms with Gasteiger partial charge >= 0.3 is 5.97 Å². The van der Waals surface area contributed by atoms with Crippen LogP contribution in [0.3, 0.4) is 0 Å². The highest BCUT2D eigenvalue weighted by Gasteiger charge is 2.09. The smallest absolute Gasteiger partial charge is 0.305 e. The van der Waals surface area contributed by atoms with Crippen LogP contribution < -0.4 is 5.32 Å². The van der Waals surface area contributed by atoms with Crippen LogP contribution >= 0.6 is 0 Å². The molecule has 0 heterocycles. The molecule has 0 aliphatic carbocycles. The molecule has 1 unspecified atom stereocenters. The predicted molar refractivity (Wildman–Crippen MR) is 76.2 cm³/mol. The number of aliphatic hydroxyl groups excluding tert-OH is 1. The molecule has 0 aliphatic rings. The van der Waals surface area contributed by atoms with Gasteiger partial charge in [-0.15, -0.1) is 0 Å². The van der Waals surface area contributed by atoms with Crippen molar-refractivity contribution in [1.82, 2.24) is 0 Å². The Morgan fingerprint density at radius 2 is 1.95 bits per heavy atom. The van der Waals surface area contributed by atoms with E-state index in [1.54, 1.807) is 31.2 Å². The zero-order valence-electron chi connectivity index (χ0n) is 11.9. The molecule has 5 heteroatoms. The number of esters is 1. The topological polar surface area (TPSA) is 75.6 Å². The summed E-state index contributed by atoms with van der Waals surface area (Å²) < 4.78 is 4.54. The second-order valence-corrected chi connectivity index (χ2v) is 4.51. The van der Waals surface area contributed by atoms with Crippen LogP contribution in [0.25, 0.3) is 0 Å². The van der Waals surface area contributed by atoms with Crippen molar-refractivity contribution >= 4 is 17.6 Å². The van der Waals surface area contributed by atoms with Crippen molar-refractivity contribution in [3.8, 4) is 0 Å². The summed E-state index contributed by atoms with van der Waals surface area (Å²) in [6.07, 6.45) is 1.18. The summed E-state index contributed by atoms with van der Waals surface area (Å²) in [6.45, 7) is 1.79. The Bertz CT molecular complexity index is 442. The quantitative estimate of drug-likeness (QED) is 0.751. The van der Waals surface area contributed by atoms with Gasteiger partial charge in [0.15, 0.2) is 0 Å². The van der Waals surface area contributed by atoms with E-state index in [-0.39, 0.29) is 11.9 Å². The highest BCUT2D eigenvalue weighted by Crippen LogP contribution is 2.21. The first-order valence-corrected chi connectivity index (χ1v) is 6.71. The molecule has 0 spiro atoms. The second-order valence-electron chi connectivity index (χ2n) is 4.51. The lowest BCUT2D eigenvalue weighted by Crippen LogP contribution is -2.09. The fourth-order valence-corrected chi connectivity index (χ4v) is 1.75. The molecule has 0 aliphatic heterocycles. The highest BCUT2D eigenvalue weighted by molar-refractivity contribution is 5.90. The van der Waals surface area contributed by atoms with Crippen LogP contribution in [-0.2, 0) is 14.3 Å². The molecule has 20 heavy (non-hydrogen) atoms. The molecular weight excluding hydrogens is 258 g/mol. The third-order valence-electron chi connectivity index (χ3n) is 2.99. The molecule has 1 aromatic rings. The normalized spacial score (nSPS) is 11.8. The average molecular weight is 279 g/mol. The van der Waals surface area contributed by atoms with Crippen molar-refractivity contribution in [1.29, 1.82) is 0 Å². The second kappa shape index (κ2) is 8.32. The lowest BCUT2D eigenvalue weighted by molar-refractivity contribution is -0.140. The molecule has 1 atom stereocenters. The zero-order chi connectivity index (χ0) is 15.0. The minimum absolute atomic E-state index is 0.0450. The Balaban J connectivity index is 2.46. The van der Waals surface area contributed by atoms with Gasteiger partial charge < -0.3 is 15.2 Å². The maximum atomic E-state index is 11.2. The monoisotopic (exact) mass is 279 g/mol. The molecule has 5 nitrogen and oxygen atoms in total. The number of methoxy groups -OCH3 is 1. The maximum absolute atomic E-state index is 11.2. The van der Waals surface area contributed by atoms with Gasteiger partial charge in [0.25, 0.3) is 0 Å². The van der Waals surface area contributed by atoms with E-state index in [1.165, 1.54) is 7.11 Å². The predicted octanol–water partition coefficient (Wildman–Crippen LogP) is 2.41. The molecule has 1 amide bonds. The van der Waals surface area contributed by atoms with E-state index in [2.05, 4.69) is 10.1 Å². The van der Waals surface area contributed by atoms with Gasteiger partial charge in [-0.3, -0.25) is 9.59 Å². The van der Waals surface area contributed by atoms with E-state index < -0.39 is 6.10 Å². The van der Waals surface area contributed by atoms with Gasteiger partial charge in [-0.25, -0.2) is 0 Å². The number of hydrogen-bond donors (Lipinski definition) is 2. The van der Waals surface area contributed by atoms with E-state index >= 15 is 0 Å². The number of nitrogens with one attached hydrogen (secondary N) is 1. The summed E-state index contributed by atoms with van der Waals surface area (Å²) in [6, 6.07) is 7.06.